The molecule has 0 N–H and O–H groups in total. The maximum atomic E-state index is 10.6. The molecule has 0 aliphatic carbocycles. The summed E-state index contributed by atoms with van der Waals surface area (Å²) in [5, 5.41) is 0. The molecular weight excluding hydrogens is 168 g/mol. The van der Waals surface area contributed by atoms with Crippen molar-refractivity contribution in [2.45, 2.75) is 39.6 Å². The Morgan fingerprint density at radius 1 is 1.54 bits per heavy atom. The van der Waals surface area contributed by atoms with Crippen LogP contribution < -0.4 is 0 Å². The second-order valence-corrected chi connectivity index (χ2v) is 4.27. The Morgan fingerprint density at radius 2 is 2.15 bits per heavy atom. The molecule has 3 nitrogen and oxygen atoms in total. The number of aldehydes is 1. The number of hydrogen-bond donors (Lipinski definition) is 0. The third-order valence-corrected chi connectivity index (χ3v) is 2.41. The van der Waals surface area contributed by atoms with Crippen LogP contribution in [0.5, 0.6) is 0 Å². The summed E-state index contributed by atoms with van der Waals surface area (Å²) in [4.78, 5) is 10.6. The first-order valence-electron chi connectivity index (χ1n) is 4.73. The molecule has 1 aliphatic heterocycles. The lowest BCUT2D eigenvalue weighted by atomic mass is 9.93. The van der Waals surface area contributed by atoms with Crippen molar-refractivity contribution in [3.63, 3.8) is 0 Å². The Hall–Kier alpha value is -0.410. The molecule has 1 fully saturated rings. The fourth-order valence-corrected chi connectivity index (χ4v) is 1.61. The topological polar surface area (TPSA) is 35.5 Å². The van der Waals surface area contributed by atoms with Crippen LogP contribution in [0.15, 0.2) is 0 Å². The molecule has 3 atom stereocenters. The first-order chi connectivity index (χ1) is 5.96. The van der Waals surface area contributed by atoms with Crippen molar-refractivity contribution in [3.8, 4) is 0 Å². The first kappa shape index (κ1) is 10.7. The van der Waals surface area contributed by atoms with Gasteiger partial charge in [-0.15, -0.1) is 0 Å². The molecule has 1 heterocycles. The van der Waals surface area contributed by atoms with Crippen LogP contribution in [-0.2, 0) is 14.3 Å². The highest BCUT2D eigenvalue weighted by Gasteiger charge is 2.36. The number of hydrogen-bond acceptors (Lipinski definition) is 3. The van der Waals surface area contributed by atoms with Gasteiger partial charge in [-0.3, -0.25) is 0 Å². The molecule has 0 bridgehead atoms. The third kappa shape index (κ3) is 2.51. The Morgan fingerprint density at radius 3 is 2.69 bits per heavy atom. The van der Waals surface area contributed by atoms with Crippen molar-refractivity contribution < 1.29 is 14.3 Å². The highest BCUT2D eigenvalue weighted by molar-refractivity contribution is 5.53. The predicted molar refractivity (Wildman–Crippen MR) is 49.3 cm³/mol. The van der Waals surface area contributed by atoms with E-state index in [0.717, 1.165) is 6.29 Å². The quantitative estimate of drug-likeness (QED) is 0.615. The van der Waals surface area contributed by atoms with Crippen molar-refractivity contribution in [3.05, 3.63) is 0 Å². The number of carbonyl (C=O) groups is 1. The molecule has 0 amide bonds. The largest absolute Gasteiger partial charge is 0.350 e. The molecule has 1 aliphatic rings. The van der Waals surface area contributed by atoms with Crippen LogP contribution in [0.3, 0.4) is 0 Å². The smallest absolute Gasteiger partial charge is 0.163 e. The zero-order valence-electron chi connectivity index (χ0n) is 8.74. The Bertz CT molecular complexity index is 189. The lowest BCUT2D eigenvalue weighted by Crippen LogP contribution is -2.47. The average molecular weight is 186 g/mol. The fourth-order valence-electron chi connectivity index (χ4n) is 1.61. The molecule has 0 radical (unpaired) electrons. The maximum Gasteiger partial charge on any atom is 0.163 e. The van der Waals surface area contributed by atoms with Gasteiger partial charge in [0.1, 0.15) is 6.29 Å². The normalized spacial score (nSPS) is 35.4. The minimum Gasteiger partial charge on any atom is -0.350 e. The van der Waals surface area contributed by atoms with E-state index < -0.39 is 5.79 Å². The van der Waals surface area contributed by atoms with Crippen LogP contribution in [0.25, 0.3) is 0 Å². The van der Waals surface area contributed by atoms with E-state index >= 15 is 0 Å². The van der Waals surface area contributed by atoms with E-state index in [4.69, 9.17) is 9.47 Å². The highest BCUT2D eigenvalue weighted by Crippen LogP contribution is 2.29. The lowest BCUT2D eigenvalue weighted by Gasteiger charge is -2.41. The van der Waals surface area contributed by atoms with Gasteiger partial charge in [-0.25, -0.2) is 0 Å². The van der Waals surface area contributed by atoms with Gasteiger partial charge in [0.2, 0.25) is 0 Å². The van der Waals surface area contributed by atoms with Crippen molar-refractivity contribution in [2.24, 2.45) is 11.8 Å². The van der Waals surface area contributed by atoms with Crippen LogP contribution in [0.2, 0.25) is 0 Å². The van der Waals surface area contributed by atoms with Crippen LogP contribution in [0, 0.1) is 11.8 Å². The van der Waals surface area contributed by atoms with E-state index in [2.05, 4.69) is 0 Å². The zero-order chi connectivity index (χ0) is 10.1. The van der Waals surface area contributed by atoms with Gasteiger partial charge in [-0.1, -0.05) is 13.8 Å². The van der Waals surface area contributed by atoms with Crippen LogP contribution in [-0.4, -0.2) is 24.8 Å². The molecule has 1 saturated heterocycles. The highest BCUT2D eigenvalue weighted by atomic mass is 16.7. The van der Waals surface area contributed by atoms with Crippen molar-refractivity contribution >= 4 is 6.29 Å². The first-order valence-corrected chi connectivity index (χ1v) is 4.73. The van der Waals surface area contributed by atoms with Gasteiger partial charge in [0.15, 0.2) is 5.79 Å². The molecule has 1 rings (SSSR count). The molecule has 13 heavy (non-hydrogen) atoms. The number of carbonyl (C=O) groups excluding carboxylic acids is 1. The van der Waals surface area contributed by atoms with Gasteiger partial charge in [-0.05, 0) is 13.8 Å². The van der Waals surface area contributed by atoms with E-state index in [9.17, 15) is 4.79 Å². The SMILES string of the molecule is C[C@@H]1COC(C)(C)O[C@H]1[C@@H](C)C=O. The summed E-state index contributed by atoms with van der Waals surface area (Å²) in [6.07, 6.45) is 0.934. The van der Waals surface area contributed by atoms with Gasteiger partial charge >= 0.3 is 0 Å². The van der Waals surface area contributed by atoms with E-state index in [1.54, 1.807) is 0 Å². The number of rotatable bonds is 2. The van der Waals surface area contributed by atoms with Crippen molar-refractivity contribution in [1.29, 1.82) is 0 Å². The molecule has 0 unspecified atom stereocenters. The van der Waals surface area contributed by atoms with Gasteiger partial charge in [0, 0.05) is 11.8 Å². The lowest BCUT2D eigenvalue weighted by molar-refractivity contribution is -0.296. The van der Waals surface area contributed by atoms with E-state index in [1.807, 2.05) is 27.7 Å². The summed E-state index contributed by atoms with van der Waals surface area (Å²) in [7, 11) is 0. The average Bonchev–Trinajstić information content (AvgIpc) is 2.08. The van der Waals surface area contributed by atoms with Crippen molar-refractivity contribution in [1.82, 2.24) is 0 Å². The van der Waals surface area contributed by atoms with Gasteiger partial charge in [-0.2, -0.15) is 0 Å². The summed E-state index contributed by atoms with van der Waals surface area (Å²) in [6.45, 7) is 8.35. The second-order valence-electron chi connectivity index (χ2n) is 4.27. The minimum atomic E-state index is -0.547. The van der Waals surface area contributed by atoms with Crippen LogP contribution >= 0.6 is 0 Å². The predicted octanol–water partition coefficient (Wildman–Crippen LogP) is 1.61. The summed E-state index contributed by atoms with van der Waals surface area (Å²) >= 11 is 0. The molecule has 0 aromatic heterocycles. The zero-order valence-corrected chi connectivity index (χ0v) is 8.74. The van der Waals surface area contributed by atoms with Gasteiger partial charge in [0.05, 0.1) is 12.7 Å². The molecule has 0 aromatic rings. The summed E-state index contributed by atoms with van der Waals surface area (Å²) in [5.74, 6) is -0.319. The second kappa shape index (κ2) is 3.76. The summed E-state index contributed by atoms with van der Waals surface area (Å²) in [5.41, 5.74) is 0. The fraction of sp³-hybridized carbons (Fsp3) is 0.900. The van der Waals surface area contributed by atoms with Gasteiger partial charge in [0.25, 0.3) is 0 Å². The van der Waals surface area contributed by atoms with Crippen LogP contribution in [0.4, 0.5) is 0 Å². The van der Waals surface area contributed by atoms with E-state index in [0.29, 0.717) is 6.61 Å². The molecule has 0 aromatic carbocycles. The van der Waals surface area contributed by atoms with Crippen molar-refractivity contribution in [2.75, 3.05) is 6.61 Å². The maximum absolute atomic E-state index is 10.6. The Kier molecular flexibility index (Phi) is 3.09. The van der Waals surface area contributed by atoms with Crippen LogP contribution in [0.1, 0.15) is 27.7 Å². The molecule has 76 valence electrons. The standard InChI is InChI=1S/C10H18O3/c1-7(5-11)9-8(2)6-12-10(3,4)13-9/h5,7-9H,6H2,1-4H3/t7-,8+,9-/m0/s1. The Labute approximate surface area is 79.4 Å². The van der Waals surface area contributed by atoms with Gasteiger partial charge < -0.3 is 14.3 Å². The van der Waals surface area contributed by atoms with E-state index in [1.165, 1.54) is 0 Å². The monoisotopic (exact) mass is 186 g/mol. The molecule has 0 saturated carbocycles. The third-order valence-electron chi connectivity index (χ3n) is 2.41. The molecular formula is C10H18O3. The molecule has 0 spiro atoms. The summed E-state index contributed by atoms with van der Waals surface area (Å²) in [6, 6.07) is 0. The Balaban J connectivity index is 2.65. The summed E-state index contributed by atoms with van der Waals surface area (Å²) < 4.78 is 11.1. The van der Waals surface area contributed by atoms with E-state index in [-0.39, 0.29) is 17.9 Å². The molecule has 3 heteroatoms. The minimum absolute atomic E-state index is 0.0127. The number of ether oxygens (including phenoxy) is 2.